The number of anilines is 1. The Balaban J connectivity index is 0.000000181. The van der Waals surface area contributed by atoms with Gasteiger partial charge in [-0.25, -0.2) is 4.79 Å². The van der Waals surface area contributed by atoms with Crippen molar-refractivity contribution in [3.63, 3.8) is 0 Å². The van der Waals surface area contributed by atoms with E-state index >= 15 is 0 Å². The molecule has 0 aromatic heterocycles. The zero-order valence-corrected chi connectivity index (χ0v) is 9.41. The average Bonchev–Trinajstić information content (AvgIpc) is 2.32. The van der Waals surface area contributed by atoms with Crippen LogP contribution in [0.1, 0.15) is 19.3 Å². The SMILES string of the molecule is C1CCNCC1.NC(=O)Nc1ccccc1. The summed E-state index contributed by atoms with van der Waals surface area (Å²) in [4.78, 5) is 10.3. The summed E-state index contributed by atoms with van der Waals surface area (Å²) in [5.41, 5.74) is 5.59. The third-order valence-corrected chi connectivity index (χ3v) is 2.25. The first-order chi connectivity index (χ1) is 7.79. The molecule has 88 valence electrons. The fourth-order valence-corrected chi connectivity index (χ4v) is 1.47. The van der Waals surface area contributed by atoms with Crippen LogP contribution >= 0.6 is 0 Å². The molecule has 4 heteroatoms. The number of piperidine rings is 1. The second kappa shape index (κ2) is 7.70. The average molecular weight is 221 g/mol. The molecular weight excluding hydrogens is 202 g/mol. The van der Waals surface area contributed by atoms with E-state index in [-0.39, 0.29) is 0 Å². The number of nitrogens with one attached hydrogen (secondary N) is 2. The van der Waals surface area contributed by atoms with E-state index in [4.69, 9.17) is 5.73 Å². The fourth-order valence-electron chi connectivity index (χ4n) is 1.47. The van der Waals surface area contributed by atoms with Crippen LogP contribution in [0.4, 0.5) is 10.5 Å². The van der Waals surface area contributed by atoms with Gasteiger partial charge in [0.05, 0.1) is 0 Å². The Morgan fingerprint density at radius 2 is 1.75 bits per heavy atom. The Labute approximate surface area is 96.2 Å². The highest BCUT2D eigenvalue weighted by Crippen LogP contribution is 2.03. The highest BCUT2D eigenvalue weighted by Gasteiger charge is 1.93. The minimum Gasteiger partial charge on any atom is -0.351 e. The lowest BCUT2D eigenvalue weighted by molar-refractivity contribution is 0.259. The molecule has 16 heavy (non-hydrogen) atoms. The second-order valence-electron chi connectivity index (χ2n) is 3.67. The number of nitrogens with two attached hydrogens (primary N) is 1. The van der Waals surface area contributed by atoms with Crippen molar-refractivity contribution in [2.24, 2.45) is 5.73 Å². The van der Waals surface area contributed by atoms with Gasteiger partial charge in [0, 0.05) is 5.69 Å². The molecule has 1 aromatic carbocycles. The Kier molecular flexibility index (Phi) is 6.03. The summed E-state index contributed by atoms with van der Waals surface area (Å²) >= 11 is 0. The number of primary amides is 1. The van der Waals surface area contributed by atoms with E-state index in [0.29, 0.717) is 0 Å². The van der Waals surface area contributed by atoms with Gasteiger partial charge in [-0.15, -0.1) is 0 Å². The summed E-state index contributed by atoms with van der Waals surface area (Å²) in [5.74, 6) is 0. The standard InChI is InChI=1S/C7H8N2O.C5H11N/c8-7(10)9-6-4-2-1-3-5-6;1-2-4-6-5-3-1/h1-5H,(H3,8,9,10);6H,1-5H2. The first kappa shape index (κ1) is 12.5. The molecule has 1 aromatic rings. The van der Waals surface area contributed by atoms with Crippen molar-refractivity contribution in [3.05, 3.63) is 30.3 Å². The van der Waals surface area contributed by atoms with Crippen LogP contribution in [0.25, 0.3) is 0 Å². The quantitative estimate of drug-likeness (QED) is 0.678. The largest absolute Gasteiger partial charge is 0.351 e. The number of hydrogen-bond acceptors (Lipinski definition) is 2. The lowest BCUT2D eigenvalue weighted by atomic mass is 10.2. The van der Waals surface area contributed by atoms with E-state index in [1.165, 1.54) is 32.4 Å². The van der Waals surface area contributed by atoms with Crippen molar-refractivity contribution in [2.75, 3.05) is 18.4 Å². The van der Waals surface area contributed by atoms with Crippen molar-refractivity contribution in [1.82, 2.24) is 5.32 Å². The van der Waals surface area contributed by atoms with Gasteiger partial charge in [-0.1, -0.05) is 24.6 Å². The molecule has 0 spiro atoms. The molecular formula is C12H19N3O. The Bertz CT molecular complexity index is 285. The molecule has 1 aliphatic rings. The topological polar surface area (TPSA) is 67.1 Å². The van der Waals surface area contributed by atoms with Gasteiger partial charge in [0.15, 0.2) is 0 Å². The highest BCUT2D eigenvalue weighted by molar-refractivity contribution is 5.87. The first-order valence-electron chi connectivity index (χ1n) is 5.61. The molecule has 0 bridgehead atoms. The Morgan fingerprint density at radius 3 is 2.12 bits per heavy atom. The highest BCUT2D eigenvalue weighted by atomic mass is 16.2. The normalized spacial score (nSPS) is 14.5. The maximum atomic E-state index is 10.3. The van der Waals surface area contributed by atoms with Crippen LogP contribution in [0, 0.1) is 0 Å². The summed E-state index contributed by atoms with van der Waals surface area (Å²) < 4.78 is 0. The van der Waals surface area contributed by atoms with Crippen LogP contribution in [-0.2, 0) is 0 Å². The Hall–Kier alpha value is -1.55. The number of hydrogen-bond donors (Lipinski definition) is 3. The molecule has 0 aliphatic carbocycles. The number of urea groups is 1. The van der Waals surface area contributed by atoms with Crippen LogP contribution in [0.3, 0.4) is 0 Å². The molecule has 0 atom stereocenters. The van der Waals surface area contributed by atoms with Crippen molar-refractivity contribution >= 4 is 11.7 Å². The van der Waals surface area contributed by atoms with Gasteiger partial charge < -0.3 is 16.4 Å². The molecule has 2 amide bonds. The van der Waals surface area contributed by atoms with Gasteiger partial charge in [0.1, 0.15) is 0 Å². The third-order valence-electron chi connectivity index (χ3n) is 2.25. The number of benzene rings is 1. The third kappa shape index (κ3) is 6.03. The van der Waals surface area contributed by atoms with Gasteiger partial charge in [-0.3, -0.25) is 0 Å². The number of carbonyl (C=O) groups is 1. The minimum absolute atomic E-state index is 0.536. The van der Waals surface area contributed by atoms with E-state index in [1.807, 2.05) is 18.2 Å². The molecule has 1 aliphatic heterocycles. The van der Waals surface area contributed by atoms with E-state index in [0.717, 1.165) is 5.69 Å². The molecule has 1 fully saturated rings. The predicted molar refractivity (Wildman–Crippen MR) is 66.4 cm³/mol. The maximum Gasteiger partial charge on any atom is 0.316 e. The van der Waals surface area contributed by atoms with E-state index in [9.17, 15) is 4.79 Å². The summed E-state index contributed by atoms with van der Waals surface area (Å²) in [6.07, 6.45) is 4.22. The second-order valence-corrected chi connectivity index (χ2v) is 3.67. The molecule has 0 radical (unpaired) electrons. The number of para-hydroxylation sites is 1. The Morgan fingerprint density at radius 1 is 1.12 bits per heavy atom. The van der Waals surface area contributed by atoms with Crippen LogP contribution in [0.5, 0.6) is 0 Å². The van der Waals surface area contributed by atoms with Gasteiger partial charge >= 0.3 is 6.03 Å². The van der Waals surface area contributed by atoms with Gasteiger partial charge in [0.25, 0.3) is 0 Å². The zero-order chi connectivity index (χ0) is 11.6. The molecule has 4 nitrogen and oxygen atoms in total. The smallest absolute Gasteiger partial charge is 0.316 e. The number of amides is 2. The minimum atomic E-state index is -0.536. The summed E-state index contributed by atoms with van der Waals surface area (Å²) in [5, 5.41) is 5.73. The summed E-state index contributed by atoms with van der Waals surface area (Å²) in [7, 11) is 0. The van der Waals surface area contributed by atoms with E-state index in [1.54, 1.807) is 12.1 Å². The predicted octanol–water partition coefficient (Wildman–Crippen LogP) is 1.94. The van der Waals surface area contributed by atoms with Crippen LogP contribution < -0.4 is 16.4 Å². The molecule has 1 heterocycles. The number of carbonyl (C=O) groups excluding carboxylic acids is 1. The van der Waals surface area contributed by atoms with Crippen molar-refractivity contribution in [3.8, 4) is 0 Å². The summed E-state index contributed by atoms with van der Waals surface area (Å²) in [6.45, 7) is 2.50. The first-order valence-corrected chi connectivity index (χ1v) is 5.61. The van der Waals surface area contributed by atoms with Crippen molar-refractivity contribution < 1.29 is 4.79 Å². The van der Waals surface area contributed by atoms with Gasteiger partial charge in [-0.2, -0.15) is 0 Å². The van der Waals surface area contributed by atoms with Gasteiger partial charge in [-0.05, 0) is 38.1 Å². The zero-order valence-electron chi connectivity index (χ0n) is 9.41. The monoisotopic (exact) mass is 221 g/mol. The van der Waals surface area contributed by atoms with Crippen LogP contribution in [0.15, 0.2) is 30.3 Å². The lowest BCUT2D eigenvalue weighted by Gasteiger charge is -2.08. The van der Waals surface area contributed by atoms with Crippen molar-refractivity contribution in [2.45, 2.75) is 19.3 Å². The molecule has 1 saturated heterocycles. The van der Waals surface area contributed by atoms with Crippen molar-refractivity contribution in [1.29, 1.82) is 0 Å². The van der Waals surface area contributed by atoms with Crippen LogP contribution in [0.2, 0.25) is 0 Å². The van der Waals surface area contributed by atoms with E-state index in [2.05, 4.69) is 10.6 Å². The van der Waals surface area contributed by atoms with Crippen LogP contribution in [-0.4, -0.2) is 19.1 Å². The van der Waals surface area contributed by atoms with E-state index < -0.39 is 6.03 Å². The van der Waals surface area contributed by atoms with Gasteiger partial charge in [0.2, 0.25) is 0 Å². The lowest BCUT2D eigenvalue weighted by Crippen LogP contribution is -2.21. The fraction of sp³-hybridized carbons (Fsp3) is 0.417. The molecule has 0 unspecified atom stereocenters. The maximum absolute atomic E-state index is 10.3. The number of rotatable bonds is 1. The molecule has 4 N–H and O–H groups in total. The molecule has 2 rings (SSSR count). The summed E-state index contributed by atoms with van der Waals surface area (Å²) in [6, 6.07) is 8.52. The molecule has 0 saturated carbocycles.